The number of nitrogens with zero attached hydrogens (tertiary/aromatic N) is 2. The van der Waals surface area contributed by atoms with Crippen LogP contribution in [0.2, 0.25) is 0 Å². The number of imide groups is 1. The first-order chi connectivity index (χ1) is 13.7. The number of para-hydroxylation sites is 1. The largest absolute Gasteiger partial charge is 0.495 e. The van der Waals surface area contributed by atoms with Gasteiger partial charge in [0.05, 0.1) is 17.7 Å². The number of hydrogen-bond acceptors (Lipinski definition) is 7. The molecule has 1 aromatic rings. The normalized spacial score (nSPS) is 18.8. The lowest BCUT2D eigenvalue weighted by Crippen LogP contribution is -2.50. The second kappa shape index (κ2) is 8.36. The molecule has 0 saturated carbocycles. The summed E-state index contributed by atoms with van der Waals surface area (Å²) in [6.45, 7) is 7.74. The number of rotatable bonds is 3. The van der Waals surface area contributed by atoms with E-state index in [9.17, 15) is 14.4 Å². The number of carbonyl (C=O) groups excluding carboxylic acids is 3. The van der Waals surface area contributed by atoms with Crippen LogP contribution in [0.15, 0.2) is 23.1 Å². The second-order valence-corrected chi connectivity index (χ2v) is 8.72. The maximum Gasteiger partial charge on any atom is 0.410 e. The van der Waals surface area contributed by atoms with Crippen molar-refractivity contribution in [3.05, 3.63) is 28.7 Å². The molecule has 2 aliphatic heterocycles. The average molecular weight is 420 g/mol. The van der Waals surface area contributed by atoms with Crippen LogP contribution in [0.5, 0.6) is 5.75 Å². The molecule has 0 radical (unpaired) electrons. The molecular weight excluding hydrogens is 394 g/mol. The van der Waals surface area contributed by atoms with Crippen LogP contribution in [0, 0.1) is 0 Å². The third-order valence-corrected chi connectivity index (χ3v) is 5.24. The smallest absolute Gasteiger partial charge is 0.410 e. The van der Waals surface area contributed by atoms with Crippen molar-refractivity contribution < 1.29 is 23.9 Å². The first-order valence-corrected chi connectivity index (χ1v) is 10.1. The molecule has 1 aromatic carbocycles. The summed E-state index contributed by atoms with van der Waals surface area (Å²) < 4.78 is 11.0. The third-order valence-electron chi connectivity index (χ3n) is 4.43. The van der Waals surface area contributed by atoms with Gasteiger partial charge in [-0.05, 0) is 44.7 Å². The van der Waals surface area contributed by atoms with E-state index in [-0.39, 0.29) is 11.3 Å². The van der Waals surface area contributed by atoms with Gasteiger partial charge in [-0.1, -0.05) is 12.1 Å². The van der Waals surface area contributed by atoms with E-state index in [0.717, 1.165) is 23.0 Å². The van der Waals surface area contributed by atoms with Crippen molar-refractivity contribution in [1.29, 1.82) is 0 Å². The summed E-state index contributed by atoms with van der Waals surface area (Å²) in [5, 5.41) is 1.89. The van der Waals surface area contributed by atoms with Crippen LogP contribution < -0.4 is 15.0 Å². The van der Waals surface area contributed by atoms with Gasteiger partial charge in [0, 0.05) is 31.7 Å². The highest BCUT2D eigenvalue weighted by Gasteiger charge is 2.29. The first-order valence-electron chi connectivity index (χ1n) is 9.32. The summed E-state index contributed by atoms with van der Waals surface area (Å²) in [6.07, 6.45) is 1.38. The Kier molecular flexibility index (Phi) is 6.07. The highest BCUT2D eigenvalue weighted by atomic mass is 32.2. The summed E-state index contributed by atoms with van der Waals surface area (Å²) in [4.78, 5) is 39.9. The molecule has 29 heavy (non-hydrogen) atoms. The fraction of sp³-hybridized carbons (Fsp3) is 0.450. The van der Waals surface area contributed by atoms with Crippen LogP contribution in [0.1, 0.15) is 26.3 Å². The molecule has 1 N–H and O–H groups in total. The van der Waals surface area contributed by atoms with Crippen molar-refractivity contribution in [2.24, 2.45) is 0 Å². The quantitative estimate of drug-likeness (QED) is 0.753. The predicted octanol–water partition coefficient (Wildman–Crippen LogP) is 3.08. The van der Waals surface area contributed by atoms with Crippen LogP contribution in [-0.2, 0) is 9.53 Å². The van der Waals surface area contributed by atoms with Crippen molar-refractivity contribution in [2.75, 3.05) is 38.2 Å². The standard InChI is InChI=1S/C20H25N3O5S/c1-20(2,3)28-19(26)23-10-8-22(9-11-23)16-13(6-5-7-14(16)27-4)12-15-17(24)21-18(25)29-15/h5-7,12H,8-11H2,1-4H3,(H,21,24,25)/b15-12+. The lowest BCUT2D eigenvalue weighted by Gasteiger charge is -2.37. The molecule has 0 spiro atoms. The average Bonchev–Trinajstić information content (AvgIpc) is 2.97. The number of anilines is 1. The molecule has 0 unspecified atom stereocenters. The minimum absolute atomic E-state index is 0.322. The number of piperazine rings is 1. The zero-order chi connectivity index (χ0) is 21.2. The Morgan fingerprint density at radius 1 is 1.17 bits per heavy atom. The van der Waals surface area contributed by atoms with E-state index in [4.69, 9.17) is 9.47 Å². The summed E-state index contributed by atoms with van der Waals surface area (Å²) in [5.74, 6) is 0.267. The Balaban J connectivity index is 1.81. The molecule has 0 aromatic heterocycles. The van der Waals surface area contributed by atoms with Gasteiger partial charge in [0.25, 0.3) is 11.1 Å². The van der Waals surface area contributed by atoms with Gasteiger partial charge in [-0.3, -0.25) is 14.9 Å². The van der Waals surface area contributed by atoms with Gasteiger partial charge in [0.15, 0.2) is 0 Å². The molecule has 156 valence electrons. The van der Waals surface area contributed by atoms with Crippen molar-refractivity contribution >= 4 is 40.8 Å². The number of thioether (sulfide) groups is 1. The summed E-state index contributed by atoms with van der Waals surface area (Å²) in [7, 11) is 1.59. The fourth-order valence-corrected chi connectivity index (χ4v) is 3.83. The maximum atomic E-state index is 12.3. The van der Waals surface area contributed by atoms with Gasteiger partial charge >= 0.3 is 6.09 Å². The molecule has 2 aliphatic rings. The van der Waals surface area contributed by atoms with E-state index < -0.39 is 11.5 Å². The Morgan fingerprint density at radius 3 is 2.41 bits per heavy atom. The summed E-state index contributed by atoms with van der Waals surface area (Å²) >= 11 is 0.880. The van der Waals surface area contributed by atoms with Crippen LogP contribution >= 0.6 is 11.8 Å². The Morgan fingerprint density at radius 2 is 1.86 bits per heavy atom. The Bertz CT molecular complexity index is 854. The Labute approximate surface area is 174 Å². The monoisotopic (exact) mass is 419 g/mol. The number of hydrogen-bond donors (Lipinski definition) is 1. The molecule has 2 fully saturated rings. The van der Waals surface area contributed by atoms with Gasteiger partial charge in [-0.15, -0.1) is 0 Å². The molecule has 2 saturated heterocycles. The van der Waals surface area contributed by atoms with E-state index in [2.05, 4.69) is 10.2 Å². The van der Waals surface area contributed by atoms with Crippen LogP contribution in [0.25, 0.3) is 6.08 Å². The zero-order valence-corrected chi connectivity index (χ0v) is 17.8. The fourth-order valence-electron chi connectivity index (χ4n) is 3.16. The molecular formula is C20H25N3O5S. The minimum atomic E-state index is -0.535. The highest BCUT2D eigenvalue weighted by Crippen LogP contribution is 2.36. The zero-order valence-electron chi connectivity index (χ0n) is 17.0. The van der Waals surface area contributed by atoms with Crippen molar-refractivity contribution in [3.8, 4) is 5.75 Å². The number of benzene rings is 1. The van der Waals surface area contributed by atoms with Gasteiger partial charge in [0.1, 0.15) is 11.4 Å². The topological polar surface area (TPSA) is 88.2 Å². The Hall–Kier alpha value is -2.68. The summed E-state index contributed by atoms with van der Waals surface area (Å²) in [6, 6.07) is 5.57. The van der Waals surface area contributed by atoms with E-state index in [1.54, 1.807) is 18.1 Å². The third kappa shape index (κ3) is 5.03. The number of carbonyl (C=O) groups is 3. The molecule has 8 nitrogen and oxygen atoms in total. The lowest BCUT2D eigenvalue weighted by atomic mass is 10.1. The number of nitrogens with one attached hydrogen (secondary N) is 1. The van der Waals surface area contributed by atoms with Gasteiger partial charge in [-0.25, -0.2) is 4.79 Å². The van der Waals surface area contributed by atoms with Gasteiger partial charge < -0.3 is 19.3 Å². The summed E-state index contributed by atoms with van der Waals surface area (Å²) in [5.41, 5.74) is 1.08. The molecule has 3 amide bonds. The molecule has 0 atom stereocenters. The van der Waals surface area contributed by atoms with E-state index in [1.807, 2.05) is 39.0 Å². The van der Waals surface area contributed by atoms with Crippen LogP contribution in [0.3, 0.4) is 0 Å². The second-order valence-electron chi connectivity index (χ2n) is 7.70. The van der Waals surface area contributed by atoms with Gasteiger partial charge in [0.2, 0.25) is 0 Å². The first kappa shape index (κ1) is 21.0. The number of ether oxygens (including phenoxy) is 2. The minimum Gasteiger partial charge on any atom is -0.495 e. The van der Waals surface area contributed by atoms with E-state index >= 15 is 0 Å². The molecule has 3 rings (SSSR count). The predicted molar refractivity (Wildman–Crippen MR) is 112 cm³/mol. The molecule has 0 aliphatic carbocycles. The van der Waals surface area contributed by atoms with E-state index in [0.29, 0.717) is 36.8 Å². The SMILES string of the molecule is COc1cccc(/C=C2/SC(=O)NC2=O)c1N1CCN(C(=O)OC(C)(C)C)CC1. The van der Waals surface area contributed by atoms with Crippen molar-refractivity contribution in [3.63, 3.8) is 0 Å². The van der Waals surface area contributed by atoms with Crippen LogP contribution in [0.4, 0.5) is 15.3 Å². The molecule has 2 heterocycles. The number of amides is 3. The van der Waals surface area contributed by atoms with Gasteiger partial charge in [-0.2, -0.15) is 0 Å². The van der Waals surface area contributed by atoms with Crippen molar-refractivity contribution in [1.82, 2.24) is 10.2 Å². The maximum absolute atomic E-state index is 12.3. The number of methoxy groups -OCH3 is 1. The van der Waals surface area contributed by atoms with Crippen LogP contribution in [-0.4, -0.2) is 61.0 Å². The highest BCUT2D eigenvalue weighted by molar-refractivity contribution is 8.18. The molecule has 0 bridgehead atoms. The molecule has 9 heteroatoms. The van der Waals surface area contributed by atoms with E-state index in [1.165, 1.54) is 0 Å². The lowest BCUT2D eigenvalue weighted by molar-refractivity contribution is -0.115. The van der Waals surface area contributed by atoms with Crippen molar-refractivity contribution in [2.45, 2.75) is 26.4 Å².